The van der Waals surface area contributed by atoms with Gasteiger partial charge in [0.1, 0.15) is 5.52 Å². The van der Waals surface area contributed by atoms with E-state index in [0.29, 0.717) is 17.4 Å². The summed E-state index contributed by atoms with van der Waals surface area (Å²) in [4.78, 5) is 6.05. The maximum Gasteiger partial charge on any atom is 0.204 e. The Labute approximate surface area is 143 Å². The van der Waals surface area contributed by atoms with Gasteiger partial charge in [-0.15, -0.1) is 10.2 Å². The fraction of sp³-hybridized carbons (Fsp3) is 0.176. The Morgan fingerprint density at radius 3 is 2.71 bits per heavy atom. The van der Waals surface area contributed by atoms with Gasteiger partial charge >= 0.3 is 0 Å². The minimum Gasteiger partial charge on any atom is -0.441 e. The Morgan fingerprint density at radius 1 is 1.04 bits per heavy atom. The van der Waals surface area contributed by atoms with E-state index in [-0.39, 0.29) is 0 Å². The van der Waals surface area contributed by atoms with Crippen LogP contribution in [0.25, 0.3) is 22.5 Å². The zero-order valence-electron chi connectivity index (χ0n) is 12.8. The maximum atomic E-state index is 5.88. The van der Waals surface area contributed by atoms with Gasteiger partial charge in [-0.1, -0.05) is 23.7 Å². The number of benzene rings is 2. The molecule has 0 radical (unpaired) electrons. The zero-order chi connectivity index (χ0) is 16.4. The molecule has 2 heterocycles. The molecule has 4 aromatic rings. The summed E-state index contributed by atoms with van der Waals surface area (Å²) in [5, 5.41) is 13.2. The predicted molar refractivity (Wildman–Crippen MR) is 90.6 cm³/mol. The molecule has 0 saturated heterocycles. The van der Waals surface area contributed by atoms with Gasteiger partial charge in [-0.05, 0) is 48.0 Å². The molecule has 2 aromatic heterocycles. The monoisotopic (exact) mass is 339 g/mol. The standard InChI is InChI=1S/C17H14ClN5O/c18-13-9-7-12(8-10-13)17-20-22-23(21-17)11-3-6-16-19-14-4-1-2-5-15(14)24-16/h1-2,4-5,7-10H,3,6,11H2. The van der Waals surface area contributed by atoms with Gasteiger partial charge < -0.3 is 4.42 Å². The molecule has 24 heavy (non-hydrogen) atoms. The van der Waals surface area contributed by atoms with Crippen molar-refractivity contribution in [3.8, 4) is 11.4 Å². The number of hydrogen-bond acceptors (Lipinski definition) is 5. The highest BCUT2D eigenvalue weighted by Gasteiger charge is 2.08. The molecule has 0 spiro atoms. The van der Waals surface area contributed by atoms with Crippen LogP contribution >= 0.6 is 11.6 Å². The van der Waals surface area contributed by atoms with E-state index in [1.54, 1.807) is 4.80 Å². The summed E-state index contributed by atoms with van der Waals surface area (Å²) in [7, 11) is 0. The second kappa shape index (κ2) is 6.41. The van der Waals surface area contributed by atoms with Crippen LogP contribution in [-0.4, -0.2) is 25.2 Å². The fourth-order valence-electron chi connectivity index (χ4n) is 2.45. The van der Waals surface area contributed by atoms with Crippen molar-refractivity contribution >= 4 is 22.7 Å². The van der Waals surface area contributed by atoms with Crippen molar-refractivity contribution in [2.75, 3.05) is 0 Å². The second-order valence-corrected chi connectivity index (χ2v) is 5.83. The average Bonchev–Trinajstić information content (AvgIpc) is 3.22. The number of aryl methyl sites for hydroxylation is 2. The van der Waals surface area contributed by atoms with E-state index in [2.05, 4.69) is 20.4 Å². The molecule has 0 aliphatic carbocycles. The van der Waals surface area contributed by atoms with Crippen LogP contribution in [0.3, 0.4) is 0 Å². The van der Waals surface area contributed by atoms with Crippen molar-refractivity contribution < 1.29 is 4.42 Å². The molecule has 0 unspecified atom stereocenters. The molecule has 0 amide bonds. The van der Waals surface area contributed by atoms with Crippen LogP contribution < -0.4 is 0 Å². The van der Waals surface area contributed by atoms with Gasteiger partial charge in [-0.25, -0.2) is 4.98 Å². The molecule has 0 N–H and O–H groups in total. The van der Waals surface area contributed by atoms with Crippen LogP contribution in [0.5, 0.6) is 0 Å². The van der Waals surface area contributed by atoms with Gasteiger partial charge in [0.05, 0.1) is 6.54 Å². The van der Waals surface area contributed by atoms with Crippen LogP contribution in [0.1, 0.15) is 12.3 Å². The Hall–Kier alpha value is -2.73. The van der Waals surface area contributed by atoms with E-state index in [0.717, 1.165) is 35.4 Å². The highest BCUT2D eigenvalue weighted by atomic mass is 35.5. The lowest BCUT2D eigenvalue weighted by Crippen LogP contribution is -2.04. The van der Waals surface area contributed by atoms with Gasteiger partial charge in [0.15, 0.2) is 11.5 Å². The Morgan fingerprint density at radius 2 is 1.88 bits per heavy atom. The van der Waals surface area contributed by atoms with Gasteiger partial charge in [-0.2, -0.15) is 4.80 Å². The number of oxazole rings is 1. The summed E-state index contributed by atoms with van der Waals surface area (Å²) in [5.41, 5.74) is 2.59. The molecule has 120 valence electrons. The number of aromatic nitrogens is 5. The Balaban J connectivity index is 1.38. The van der Waals surface area contributed by atoms with E-state index >= 15 is 0 Å². The molecule has 0 fully saturated rings. The van der Waals surface area contributed by atoms with Crippen LogP contribution in [0.15, 0.2) is 52.9 Å². The van der Waals surface area contributed by atoms with E-state index in [1.165, 1.54) is 0 Å². The maximum absolute atomic E-state index is 5.88. The minimum atomic E-state index is 0.591. The summed E-state index contributed by atoms with van der Waals surface area (Å²) in [6.45, 7) is 0.652. The summed E-state index contributed by atoms with van der Waals surface area (Å²) >= 11 is 5.88. The Kier molecular flexibility index (Phi) is 3.96. The normalized spacial score (nSPS) is 11.2. The van der Waals surface area contributed by atoms with Crippen molar-refractivity contribution in [1.82, 2.24) is 25.2 Å². The first-order chi connectivity index (χ1) is 11.8. The molecule has 0 saturated carbocycles. The molecule has 0 aliphatic rings. The van der Waals surface area contributed by atoms with Crippen LogP contribution in [0.4, 0.5) is 0 Å². The van der Waals surface area contributed by atoms with Crippen molar-refractivity contribution in [3.05, 3.63) is 59.4 Å². The third kappa shape index (κ3) is 3.14. The average molecular weight is 340 g/mol. The smallest absolute Gasteiger partial charge is 0.204 e. The molecule has 0 bridgehead atoms. The van der Waals surface area contributed by atoms with Crippen molar-refractivity contribution in [2.24, 2.45) is 0 Å². The first-order valence-corrected chi connectivity index (χ1v) is 8.04. The summed E-state index contributed by atoms with van der Waals surface area (Å²) in [5.74, 6) is 1.32. The van der Waals surface area contributed by atoms with Crippen molar-refractivity contribution in [3.63, 3.8) is 0 Å². The number of rotatable bonds is 5. The van der Waals surface area contributed by atoms with Crippen LogP contribution in [-0.2, 0) is 13.0 Å². The van der Waals surface area contributed by atoms with Gasteiger partial charge in [0.25, 0.3) is 0 Å². The number of halogens is 1. The molecular weight excluding hydrogens is 326 g/mol. The quantitative estimate of drug-likeness (QED) is 0.553. The SMILES string of the molecule is Clc1ccc(-c2nnn(CCCc3nc4ccccc4o3)n2)cc1. The topological polar surface area (TPSA) is 69.6 Å². The van der Waals surface area contributed by atoms with Gasteiger partial charge in [0, 0.05) is 17.0 Å². The van der Waals surface area contributed by atoms with Crippen LogP contribution in [0.2, 0.25) is 5.02 Å². The van der Waals surface area contributed by atoms with Gasteiger partial charge in [-0.3, -0.25) is 0 Å². The lowest BCUT2D eigenvalue weighted by Gasteiger charge is -1.97. The van der Waals surface area contributed by atoms with Gasteiger partial charge in [0.2, 0.25) is 5.82 Å². The molecule has 7 heteroatoms. The lowest BCUT2D eigenvalue weighted by molar-refractivity contribution is 0.463. The minimum absolute atomic E-state index is 0.591. The fourth-order valence-corrected chi connectivity index (χ4v) is 2.58. The number of nitrogens with zero attached hydrogens (tertiary/aromatic N) is 5. The summed E-state index contributed by atoms with van der Waals surface area (Å²) in [6.07, 6.45) is 1.55. The summed E-state index contributed by atoms with van der Waals surface area (Å²) in [6, 6.07) is 15.1. The van der Waals surface area contributed by atoms with Crippen molar-refractivity contribution in [1.29, 1.82) is 0 Å². The van der Waals surface area contributed by atoms with E-state index in [1.807, 2.05) is 48.5 Å². The molecule has 4 rings (SSSR count). The van der Waals surface area contributed by atoms with E-state index in [4.69, 9.17) is 16.0 Å². The van der Waals surface area contributed by atoms with E-state index < -0.39 is 0 Å². The highest BCUT2D eigenvalue weighted by molar-refractivity contribution is 6.30. The summed E-state index contributed by atoms with van der Waals surface area (Å²) < 4.78 is 5.70. The van der Waals surface area contributed by atoms with E-state index in [9.17, 15) is 0 Å². The first-order valence-electron chi connectivity index (χ1n) is 7.66. The largest absolute Gasteiger partial charge is 0.441 e. The predicted octanol–water partition coefficient (Wildman–Crippen LogP) is 3.77. The number of para-hydroxylation sites is 2. The zero-order valence-corrected chi connectivity index (χ0v) is 13.5. The van der Waals surface area contributed by atoms with Crippen molar-refractivity contribution in [2.45, 2.75) is 19.4 Å². The van der Waals surface area contributed by atoms with Crippen LogP contribution in [0, 0.1) is 0 Å². The second-order valence-electron chi connectivity index (χ2n) is 5.39. The lowest BCUT2D eigenvalue weighted by atomic mass is 10.2. The number of tetrazole rings is 1. The molecule has 0 aliphatic heterocycles. The molecular formula is C17H14ClN5O. The highest BCUT2D eigenvalue weighted by Crippen LogP contribution is 2.18. The number of hydrogen-bond donors (Lipinski definition) is 0. The molecule has 0 atom stereocenters. The Bertz CT molecular complexity index is 927. The molecule has 2 aromatic carbocycles. The number of fused-ring (bicyclic) bond motifs is 1. The molecule has 6 nitrogen and oxygen atoms in total. The first kappa shape index (κ1) is 14.8. The third-order valence-corrected chi connectivity index (χ3v) is 3.89. The third-order valence-electron chi connectivity index (χ3n) is 3.64.